The fourth-order valence-electron chi connectivity index (χ4n) is 1.68. The maximum atomic E-state index is 12.2. The highest BCUT2D eigenvalue weighted by Crippen LogP contribution is 2.24. The normalized spacial score (nSPS) is 11.4. The molecular formula is C12H19N3O3. The van der Waals surface area contributed by atoms with Gasteiger partial charge in [-0.05, 0) is 0 Å². The quantitative estimate of drug-likeness (QED) is 0.867. The largest absolute Gasteiger partial charge is 0.480 e. The van der Waals surface area contributed by atoms with Crippen molar-refractivity contribution < 1.29 is 14.7 Å². The molecule has 0 aliphatic heterocycles. The van der Waals surface area contributed by atoms with Crippen LogP contribution in [0.3, 0.4) is 0 Å². The molecular weight excluding hydrogens is 234 g/mol. The van der Waals surface area contributed by atoms with E-state index in [1.54, 1.807) is 17.9 Å². The third-order valence-corrected chi connectivity index (χ3v) is 2.49. The average molecular weight is 253 g/mol. The van der Waals surface area contributed by atoms with Gasteiger partial charge in [0.05, 0.1) is 11.3 Å². The fraction of sp³-hybridized carbons (Fsp3) is 0.583. The third kappa shape index (κ3) is 3.09. The van der Waals surface area contributed by atoms with Crippen LogP contribution in [-0.2, 0) is 17.3 Å². The molecule has 1 aromatic heterocycles. The summed E-state index contributed by atoms with van der Waals surface area (Å²) in [7, 11) is 3.21. The van der Waals surface area contributed by atoms with Crippen molar-refractivity contribution in [3.05, 3.63) is 17.5 Å². The summed E-state index contributed by atoms with van der Waals surface area (Å²) in [5, 5.41) is 13.0. The van der Waals surface area contributed by atoms with Crippen molar-refractivity contribution in [1.82, 2.24) is 14.7 Å². The highest BCUT2D eigenvalue weighted by atomic mass is 16.4. The molecule has 0 bridgehead atoms. The van der Waals surface area contributed by atoms with E-state index in [9.17, 15) is 9.59 Å². The Hall–Kier alpha value is -1.85. The van der Waals surface area contributed by atoms with E-state index >= 15 is 0 Å². The summed E-state index contributed by atoms with van der Waals surface area (Å²) in [5.74, 6) is -1.36. The summed E-state index contributed by atoms with van der Waals surface area (Å²) in [5.41, 5.74) is 0.858. The second-order valence-corrected chi connectivity index (χ2v) is 5.37. The predicted molar refractivity (Wildman–Crippen MR) is 66.5 cm³/mol. The molecule has 0 aliphatic carbocycles. The number of carboxylic acid groups (broad SMARTS) is 1. The van der Waals surface area contributed by atoms with E-state index < -0.39 is 5.97 Å². The number of amides is 1. The molecule has 1 N–H and O–H groups in total. The van der Waals surface area contributed by atoms with Crippen LogP contribution >= 0.6 is 0 Å². The highest BCUT2D eigenvalue weighted by Gasteiger charge is 2.27. The minimum absolute atomic E-state index is 0.268. The Kier molecular flexibility index (Phi) is 3.79. The van der Waals surface area contributed by atoms with Gasteiger partial charge in [0.2, 0.25) is 0 Å². The molecule has 100 valence electrons. The van der Waals surface area contributed by atoms with Crippen molar-refractivity contribution in [2.75, 3.05) is 13.6 Å². The van der Waals surface area contributed by atoms with Gasteiger partial charge >= 0.3 is 5.97 Å². The van der Waals surface area contributed by atoms with Gasteiger partial charge in [-0.2, -0.15) is 5.10 Å². The van der Waals surface area contributed by atoms with E-state index in [1.165, 1.54) is 11.9 Å². The summed E-state index contributed by atoms with van der Waals surface area (Å²) >= 11 is 0. The van der Waals surface area contributed by atoms with E-state index in [2.05, 4.69) is 5.10 Å². The summed E-state index contributed by atoms with van der Waals surface area (Å²) in [6.45, 7) is 5.56. The number of nitrogens with zero attached hydrogens (tertiary/aromatic N) is 3. The number of hydrogen-bond donors (Lipinski definition) is 1. The van der Waals surface area contributed by atoms with Crippen LogP contribution < -0.4 is 0 Å². The molecule has 6 nitrogen and oxygen atoms in total. The van der Waals surface area contributed by atoms with Crippen molar-refractivity contribution in [3.8, 4) is 0 Å². The zero-order valence-electron chi connectivity index (χ0n) is 11.4. The number of hydrogen-bond acceptors (Lipinski definition) is 3. The molecule has 1 heterocycles. The maximum Gasteiger partial charge on any atom is 0.323 e. The standard InChI is InChI=1S/C12H19N3O3/c1-12(2,3)10-8(6-15(5)13-10)11(18)14(4)7-9(16)17/h6H,7H2,1-5H3,(H,16,17). The van der Waals surface area contributed by atoms with Gasteiger partial charge in [0, 0.05) is 25.7 Å². The topological polar surface area (TPSA) is 75.4 Å². The Morgan fingerprint density at radius 1 is 1.44 bits per heavy atom. The lowest BCUT2D eigenvalue weighted by atomic mass is 9.89. The van der Waals surface area contributed by atoms with Crippen LogP contribution in [0.25, 0.3) is 0 Å². The van der Waals surface area contributed by atoms with E-state index in [-0.39, 0.29) is 17.9 Å². The number of rotatable bonds is 3. The molecule has 0 radical (unpaired) electrons. The molecule has 6 heteroatoms. The maximum absolute atomic E-state index is 12.2. The number of aromatic nitrogens is 2. The number of carbonyl (C=O) groups is 2. The first-order chi connectivity index (χ1) is 8.12. The van der Waals surface area contributed by atoms with Gasteiger partial charge in [0.15, 0.2) is 0 Å². The smallest absolute Gasteiger partial charge is 0.323 e. The van der Waals surface area contributed by atoms with E-state index in [0.717, 1.165) is 0 Å². The first-order valence-corrected chi connectivity index (χ1v) is 5.64. The molecule has 0 aliphatic rings. The van der Waals surface area contributed by atoms with E-state index in [1.807, 2.05) is 20.8 Å². The Morgan fingerprint density at radius 2 is 2.00 bits per heavy atom. The van der Waals surface area contributed by atoms with Gasteiger partial charge in [-0.1, -0.05) is 20.8 Å². The summed E-state index contributed by atoms with van der Waals surface area (Å²) in [4.78, 5) is 24.0. The lowest BCUT2D eigenvalue weighted by Crippen LogP contribution is -2.33. The van der Waals surface area contributed by atoms with Crippen LogP contribution in [0.2, 0.25) is 0 Å². The Balaban J connectivity index is 3.10. The molecule has 0 aromatic carbocycles. The van der Waals surface area contributed by atoms with Crippen molar-refractivity contribution in [3.63, 3.8) is 0 Å². The van der Waals surface area contributed by atoms with Crippen LogP contribution in [0.5, 0.6) is 0 Å². The van der Waals surface area contributed by atoms with Crippen LogP contribution in [0.4, 0.5) is 0 Å². The van der Waals surface area contributed by atoms with Gasteiger partial charge in [-0.3, -0.25) is 14.3 Å². The minimum atomic E-state index is -1.04. The highest BCUT2D eigenvalue weighted by molar-refractivity contribution is 5.96. The SMILES string of the molecule is CN(CC(=O)O)C(=O)c1cn(C)nc1C(C)(C)C. The van der Waals surface area contributed by atoms with Gasteiger partial charge in [-0.25, -0.2) is 0 Å². The monoisotopic (exact) mass is 253 g/mol. The molecule has 1 amide bonds. The van der Waals surface area contributed by atoms with Crippen LogP contribution in [0.15, 0.2) is 6.20 Å². The molecule has 0 fully saturated rings. The lowest BCUT2D eigenvalue weighted by molar-refractivity contribution is -0.137. The zero-order valence-corrected chi connectivity index (χ0v) is 11.4. The first-order valence-electron chi connectivity index (χ1n) is 5.64. The van der Waals surface area contributed by atoms with Crippen molar-refractivity contribution in [1.29, 1.82) is 0 Å². The molecule has 18 heavy (non-hydrogen) atoms. The van der Waals surface area contributed by atoms with Crippen molar-refractivity contribution in [2.24, 2.45) is 7.05 Å². The lowest BCUT2D eigenvalue weighted by Gasteiger charge is -2.19. The minimum Gasteiger partial charge on any atom is -0.480 e. The second kappa shape index (κ2) is 4.80. The van der Waals surface area contributed by atoms with Gasteiger partial charge in [0.25, 0.3) is 5.91 Å². The zero-order chi connectivity index (χ0) is 14.1. The molecule has 0 saturated heterocycles. The molecule has 0 unspecified atom stereocenters. The van der Waals surface area contributed by atoms with Gasteiger partial charge in [0.1, 0.15) is 6.54 Å². The van der Waals surface area contributed by atoms with Crippen LogP contribution in [-0.4, -0.2) is 45.3 Å². The van der Waals surface area contributed by atoms with Crippen LogP contribution in [0.1, 0.15) is 36.8 Å². The summed E-state index contributed by atoms with van der Waals surface area (Å²) in [6, 6.07) is 0. The van der Waals surface area contributed by atoms with Crippen molar-refractivity contribution in [2.45, 2.75) is 26.2 Å². The first kappa shape index (κ1) is 14.2. The number of carboxylic acids is 1. The molecule has 0 atom stereocenters. The Bertz CT molecular complexity index is 471. The Labute approximate surface area is 106 Å². The predicted octanol–water partition coefficient (Wildman–Crippen LogP) is 0.874. The second-order valence-electron chi connectivity index (χ2n) is 5.37. The summed E-state index contributed by atoms with van der Waals surface area (Å²) < 4.78 is 1.57. The number of likely N-dealkylation sites (N-methyl/N-ethyl adjacent to an activating group) is 1. The Morgan fingerprint density at radius 3 is 2.44 bits per heavy atom. The number of carbonyl (C=O) groups excluding carboxylic acids is 1. The average Bonchev–Trinajstić information content (AvgIpc) is 2.57. The van der Waals surface area contributed by atoms with Crippen LogP contribution in [0, 0.1) is 0 Å². The molecule has 1 aromatic rings. The van der Waals surface area contributed by atoms with Crippen molar-refractivity contribution >= 4 is 11.9 Å². The number of aliphatic carboxylic acids is 1. The molecule has 0 saturated carbocycles. The molecule has 1 rings (SSSR count). The van der Waals surface area contributed by atoms with Gasteiger partial charge < -0.3 is 10.0 Å². The molecule has 0 spiro atoms. The fourth-order valence-corrected chi connectivity index (χ4v) is 1.68. The third-order valence-electron chi connectivity index (χ3n) is 2.49. The number of aryl methyl sites for hydroxylation is 1. The summed E-state index contributed by atoms with van der Waals surface area (Å²) in [6.07, 6.45) is 1.63. The van der Waals surface area contributed by atoms with E-state index in [0.29, 0.717) is 11.3 Å². The van der Waals surface area contributed by atoms with Gasteiger partial charge in [-0.15, -0.1) is 0 Å². The van der Waals surface area contributed by atoms with E-state index in [4.69, 9.17) is 5.11 Å².